The van der Waals surface area contributed by atoms with Gasteiger partial charge in [0.15, 0.2) is 0 Å². The molecule has 0 bridgehead atoms. The summed E-state index contributed by atoms with van der Waals surface area (Å²) in [5, 5.41) is 0. The number of hydrogen-bond donors (Lipinski definition) is 0. The van der Waals surface area contributed by atoms with Crippen LogP contribution in [0.25, 0.3) is 0 Å². The zero-order valence-corrected chi connectivity index (χ0v) is 10.2. The number of hydrogen-bond acceptors (Lipinski definition) is 0. The van der Waals surface area contributed by atoms with Crippen LogP contribution in [0, 0.1) is 6.92 Å². The lowest BCUT2D eigenvalue weighted by Gasteiger charge is -2.09. The average molecular weight is 291 g/mol. The predicted molar refractivity (Wildman–Crippen MR) is 60.2 cm³/mol. The average Bonchev–Trinajstić information content (AvgIpc) is 2.01. The Hall–Kier alpha value is 0.180. The second-order valence-corrected chi connectivity index (χ2v) is 4.64. The summed E-state index contributed by atoms with van der Waals surface area (Å²) in [6.45, 7) is 6.21. The molecule has 0 aliphatic carbocycles. The summed E-state index contributed by atoms with van der Waals surface area (Å²) in [6, 6.07) is 6.27. The Labute approximate surface area is 90.6 Å². The van der Waals surface area contributed by atoms with E-state index in [-0.39, 0.29) is 0 Å². The van der Waals surface area contributed by atoms with Gasteiger partial charge in [-0.3, -0.25) is 0 Å². The van der Waals surface area contributed by atoms with Gasteiger partial charge >= 0.3 is 0 Å². The van der Waals surface area contributed by atoms with Gasteiger partial charge < -0.3 is 0 Å². The quantitative estimate of drug-likeness (QED) is 0.750. The molecule has 1 aromatic carbocycles. The van der Waals surface area contributed by atoms with Gasteiger partial charge in [-0.05, 0) is 43.0 Å². The van der Waals surface area contributed by atoms with Gasteiger partial charge in [-0.15, -0.1) is 0 Å². The Morgan fingerprint density at radius 3 is 2.17 bits per heavy atom. The topological polar surface area (TPSA) is 0 Å². The zero-order valence-electron chi connectivity index (χ0n) is 6.98. The fourth-order valence-corrected chi connectivity index (χ4v) is 2.38. The van der Waals surface area contributed by atoms with Crippen molar-refractivity contribution in [3.8, 4) is 0 Å². The van der Waals surface area contributed by atoms with Crippen molar-refractivity contribution in [2.45, 2.75) is 19.3 Å². The van der Waals surface area contributed by atoms with Crippen LogP contribution < -0.4 is 0 Å². The monoisotopic (exact) mass is 289 g/mol. The first-order valence-electron chi connectivity index (χ1n) is 3.92. The fraction of sp³-hybridized carbons (Fsp3) is 0.300. The standard InChI is InChI=1S/C10H11Br2/c1-3-7(2)8-4-9(11)6-10(12)5-8/h4-7H,2-3H2,1H3. The van der Waals surface area contributed by atoms with Crippen LogP contribution in [-0.2, 0) is 0 Å². The van der Waals surface area contributed by atoms with Gasteiger partial charge in [0.1, 0.15) is 0 Å². The third-order valence-corrected chi connectivity index (χ3v) is 2.76. The summed E-state index contributed by atoms with van der Waals surface area (Å²) in [6.07, 6.45) is 1.07. The highest BCUT2D eigenvalue weighted by atomic mass is 79.9. The van der Waals surface area contributed by atoms with Crippen molar-refractivity contribution in [2.75, 3.05) is 0 Å². The van der Waals surface area contributed by atoms with Gasteiger partial charge in [-0.2, -0.15) is 0 Å². The SMILES string of the molecule is [CH2]C(CC)c1cc(Br)cc(Br)c1. The molecule has 0 saturated heterocycles. The smallest absolute Gasteiger partial charge is 0.0189 e. The van der Waals surface area contributed by atoms with Gasteiger partial charge in [0.05, 0.1) is 0 Å². The predicted octanol–water partition coefficient (Wildman–Crippen LogP) is 4.54. The second kappa shape index (κ2) is 4.43. The fourth-order valence-electron chi connectivity index (χ4n) is 1.05. The Bertz CT molecular complexity index is 248. The van der Waals surface area contributed by atoms with E-state index >= 15 is 0 Å². The van der Waals surface area contributed by atoms with Crippen LogP contribution in [0.3, 0.4) is 0 Å². The van der Waals surface area contributed by atoms with E-state index < -0.39 is 0 Å². The molecular formula is C10H11Br2. The van der Waals surface area contributed by atoms with Crippen molar-refractivity contribution >= 4 is 31.9 Å². The Kier molecular flexibility index (Phi) is 3.78. The van der Waals surface area contributed by atoms with E-state index in [9.17, 15) is 0 Å². The van der Waals surface area contributed by atoms with Crippen LogP contribution in [0.15, 0.2) is 27.1 Å². The molecule has 0 amide bonds. The molecule has 1 unspecified atom stereocenters. The molecular weight excluding hydrogens is 280 g/mol. The first-order valence-corrected chi connectivity index (χ1v) is 5.51. The van der Waals surface area contributed by atoms with E-state index in [1.807, 2.05) is 6.07 Å². The lowest BCUT2D eigenvalue weighted by atomic mass is 9.99. The molecule has 2 heteroatoms. The van der Waals surface area contributed by atoms with E-state index in [2.05, 4.69) is 57.8 Å². The molecule has 1 atom stereocenters. The summed E-state index contributed by atoms with van der Waals surface area (Å²) in [5.74, 6) is 0.388. The minimum atomic E-state index is 0.388. The van der Waals surface area contributed by atoms with Crippen molar-refractivity contribution in [3.63, 3.8) is 0 Å². The van der Waals surface area contributed by atoms with Crippen LogP contribution in [0.1, 0.15) is 24.8 Å². The van der Waals surface area contributed by atoms with Crippen molar-refractivity contribution in [2.24, 2.45) is 0 Å². The molecule has 12 heavy (non-hydrogen) atoms. The molecule has 1 radical (unpaired) electrons. The first kappa shape index (κ1) is 10.3. The number of rotatable bonds is 2. The highest BCUT2D eigenvalue weighted by molar-refractivity contribution is 9.11. The maximum atomic E-state index is 4.07. The number of benzene rings is 1. The summed E-state index contributed by atoms with van der Waals surface area (Å²) in [5.41, 5.74) is 1.28. The molecule has 0 fully saturated rings. The van der Waals surface area contributed by atoms with Gasteiger partial charge in [-0.25, -0.2) is 0 Å². The van der Waals surface area contributed by atoms with Crippen LogP contribution >= 0.6 is 31.9 Å². The van der Waals surface area contributed by atoms with E-state index in [0.717, 1.165) is 15.4 Å². The van der Waals surface area contributed by atoms with Crippen molar-refractivity contribution in [1.82, 2.24) is 0 Å². The summed E-state index contributed by atoms with van der Waals surface area (Å²) in [7, 11) is 0. The van der Waals surface area contributed by atoms with E-state index in [0.29, 0.717) is 5.92 Å². The summed E-state index contributed by atoms with van der Waals surface area (Å²) < 4.78 is 2.21. The molecule has 0 aliphatic heterocycles. The molecule has 0 saturated carbocycles. The Morgan fingerprint density at radius 1 is 1.25 bits per heavy atom. The maximum Gasteiger partial charge on any atom is 0.0189 e. The Balaban J connectivity index is 3.00. The first-order chi connectivity index (χ1) is 5.63. The largest absolute Gasteiger partial charge is 0.0648 e. The van der Waals surface area contributed by atoms with Crippen LogP contribution in [0.2, 0.25) is 0 Å². The van der Waals surface area contributed by atoms with Gasteiger partial charge in [0, 0.05) is 8.95 Å². The number of halogens is 2. The highest BCUT2D eigenvalue weighted by Gasteiger charge is 2.04. The molecule has 0 aromatic heterocycles. The highest BCUT2D eigenvalue weighted by Crippen LogP contribution is 2.26. The molecule has 1 aromatic rings. The third kappa shape index (κ3) is 2.60. The molecule has 0 heterocycles. The maximum absolute atomic E-state index is 4.07. The minimum Gasteiger partial charge on any atom is -0.0648 e. The van der Waals surface area contributed by atoms with Crippen molar-refractivity contribution in [1.29, 1.82) is 0 Å². The second-order valence-electron chi connectivity index (χ2n) is 2.81. The summed E-state index contributed by atoms with van der Waals surface area (Å²) in [4.78, 5) is 0. The van der Waals surface area contributed by atoms with Crippen LogP contribution in [0.5, 0.6) is 0 Å². The molecule has 1 rings (SSSR count). The van der Waals surface area contributed by atoms with Gasteiger partial charge in [0.25, 0.3) is 0 Å². The summed E-state index contributed by atoms with van der Waals surface area (Å²) >= 11 is 6.91. The lowest BCUT2D eigenvalue weighted by molar-refractivity contribution is 0.800. The van der Waals surface area contributed by atoms with Crippen molar-refractivity contribution in [3.05, 3.63) is 39.6 Å². The van der Waals surface area contributed by atoms with Crippen molar-refractivity contribution < 1.29 is 0 Å². The molecule has 0 N–H and O–H groups in total. The molecule has 0 nitrogen and oxygen atoms in total. The van der Waals surface area contributed by atoms with E-state index in [4.69, 9.17) is 0 Å². The third-order valence-electron chi connectivity index (χ3n) is 1.85. The van der Waals surface area contributed by atoms with Gasteiger partial charge in [0.2, 0.25) is 0 Å². The van der Waals surface area contributed by atoms with Gasteiger partial charge in [-0.1, -0.05) is 38.8 Å². The van der Waals surface area contributed by atoms with E-state index in [1.165, 1.54) is 5.56 Å². The Morgan fingerprint density at radius 2 is 1.75 bits per heavy atom. The lowest BCUT2D eigenvalue weighted by Crippen LogP contribution is -1.91. The van der Waals surface area contributed by atoms with Crippen LogP contribution in [0.4, 0.5) is 0 Å². The minimum absolute atomic E-state index is 0.388. The normalized spacial score (nSPS) is 13.0. The van der Waals surface area contributed by atoms with Crippen LogP contribution in [-0.4, -0.2) is 0 Å². The molecule has 0 aliphatic rings. The molecule has 0 spiro atoms. The zero-order chi connectivity index (χ0) is 9.14. The van der Waals surface area contributed by atoms with E-state index in [1.54, 1.807) is 0 Å². The molecule has 65 valence electrons.